The van der Waals surface area contributed by atoms with Crippen molar-refractivity contribution in [1.82, 2.24) is 4.57 Å². The first kappa shape index (κ1) is 45.0. The zero-order chi connectivity index (χ0) is 50.4. The Morgan fingerprint density at radius 2 is 0.895 bits per heavy atom. The van der Waals surface area contributed by atoms with E-state index in [0.717, 1.165) is 58.8 Å². The van der Waals surface area contributed by atoms with Crippen molar-refractivity contribution >= 4 is 72.9 Å². The van der Waals surface area contributed by atoms with Crippen LogP contribution in [0.3, 0.4) is 0 Å². The van der Waals surface area contributed by atoms with Gasteiger partial charge < -0.3 is 19.3 Å². The van der Waals surface area contributed by atoms with E-state index in [1.54, 1.807) is 0 Å². The van der Waals surface area contributed by atoms with Crippen molar-refractivity contribution in [2.45, 2.75) is 25.3 Å². The number of fused-ring (bicyclic) bond motifs is 6. The van der Waals surface area contributed by atoms with E-state index in [1.165, 1.54) is 78.0 Å². The van der Waals surface area contributed by atoms with Gasteiger partial charge in [-0.05, 0) is 161 Å². The van der Waals surface area contributed by atoms with Gasteiger partial charge in [-0.3, -0.25) is 0 Å². The fourth-order valence-electron chi connectivity index (χ4n) is 11.9. The maximum Gasteiger partial charge on any atom is 0.0634 e. The average molecular weight is 975 g/mol. The molecule has 1 aliphatic heterocycles. The Morgan fingerprint density at radius 1 is 0.408 bits per heavy atom. The third kappa shape index (κ3) is 8.12. The van der Waals surface area contributed by atoms with Gasteiger partial charge in [0.1, 0.15) is 0 Å². The van der Waals surface area contributed by atoms with Crippen LogP contribution in [0.15, 0.2) is 291 Å². The molecule has 1 atom stereocenters. The quantitative estimate of drug-likeness (QED) is 0.128. The van der Waals surface area contributed by atoms with Crippen LogP contribution in [-0.2, 0) is 0 Å². The lowest BCUT2D eigenvalue weighted by Crippen LogP contribution is -2.29. The van der Waals surface area contributed by atoms with E-state index in [0.29, 0.717) is 0 Å². The highest BCUT2D eigenvalue weighted by Crippen LogP contribution is 2.50. The molecule has 0 fully saturated rings. The molecule has 0 bridgehead atoms. The van der Waals surface area contributed by atoms with Crippen molar-refractivity contribution in [3.63, 3.8) is 0 Å². The molecule has 14 rings (SSSR count). The normalized spacial score (nSPS) is 14.7. The van der Waals surface area contributed by atoms with Crippen LogP contribution in [0.5, 0.6) is 0 Å². The Bertz CT molecular complexity index is 4040. The van der Waals surface area contributed by atoms with Gasteiger partial charge in [0.2, 0.25) is 0 Å². The van der Waals surface area contributed by atoms with Gasteiger partial charge in [0.15, 0.2) is 0 Å². The Hall–Kier alpha value is -9.64. The van der Waals surface area contributed by atoms with Crippen LogP contribution >= 0.6 is 0 Å². The van der Waals surface area contributed by atoms with Gasteiger partial charge in [-0.2, -0.15) is 0 Å². The van der Waals surface area contributed by atoms with Gasteiger partial charge >= 0.3 is 0 Å². The summed E-state index contributed by atoms with van der Waals surface area (Å²) in [6, 6.07) is 93.2. The number of aromatic nitrogens is 1. The van der Waals surface area contributed by atoms with Crippen LogP contribution in [0.2, 0.25) is 0 Å². The minimum absolute atomic E-state index is 0.215. The van der Waals surface area contributed by atoms with Gasteiger partial charge in [0.05, 0.1) is 17.1 Å². The van der Waals surface area contributed by atoms with Crippen molar-refractivity contribution < 1.29 is 0 Å². The largest absolute Gasteiger partial charge is 0.333 e. The van der Waals surface area contributed by atoms with Crippen molar-refractivity contribution in [2.24, 2.45) is 0 Å². The van der Waals surface area contributed by atoms with Gasteiger partial charge in [0, 0.05) is 67.5 Å². The number of benzene rings is 10. The zero-order valence-corrected chi connectivity index (χ0v) is 42.1. The molecule has 3 aliphatic rings. The first-order valence-corrected chi connectivity index (χ1v) is 26.6. The Balaban J connectivity index is 0.820. The van der Waals surface area contributed by atoms with Crippen LogP contribution in [0.1, 0.15) is 24.8 Å². The summed E-state index contributed by atoms with van der Waals surface area (Å²) < 4.78 is 2.46. The smallest absolute Gasteiger partial charge is 0.0634 e. The molecule has 362 valence electrons. The minimum atomic E-state index is 0.215. The number of allylic oxidation sites excluding steroid dienone is 5. The number of anilines is 7. The van der Waals surface area contributed by atoms with E-state index in [2.05, 4.69) is 304 Å². The molecule has 4 nitrogen and oxygen atoms in total. The predicted octanol–water partition coefficient (Wildman–Crippen LogP) is 19.5. The zero-order valence-electron chi connectivity index (χ0n) is 42.1. The third-order valence-electron chi connectivity index (χ3n) is 15.5. The summed E-state index contributed by atoms with van der Waals surface area (Å²) in [5.74, 6) is 0. The SMILES string of the molecule is C1=CCCC(n2c3ccccc3c3cc(N(c4ccc(-c5ccccc5)cc4)c4ccc(-c5ccc(N(C6=CCC7C(=C6)c6ccccc6N7c6ccccc6)c6ccc(-c7ccccc7)cc6)cc5)cc4)ccc32)=C1. The summed E-state index contributed by atoms with van der Waals surface area (Å²) >= 11 is 0. The fourth-order valence-corrected chi connectivity index (χ4v) is 11.9. The highest BCUT2D eigenvalue weighted by Gasteiger charge is 2.36. The summed E-state index contributed by atoms with van der Waals surface area (Å²) in [7, 11) is 0. The maximum atomic E-state index is 2.51. The highest BCUT2D eigenvalue weighted by molar-refractivity contribution is 6.11. The van der Waals surface area contributed by atoms with E-state index in [-0.39, 0.29) is 6.04 Å². The molecule has 11 aromatic rings. The summed E-state index contributed by atoms with van der Waals surface area (Å²) in [6.07, 6.45) is 14.5. The minimum Gasteiger partial charge on any atom is -0.333 e. The number of hydrogen-bond acceptors (Lipinski definition) is 3. The second-order valence-electron chi connectivity index (χ2n) is 20.0. The number of hydrogen-bond donors (Lipinski definition) is 0. The summed E-state index contributed by atoms with van der Waals surface area (Å²) in [5, 5.41) is 2.50. The van der Waals surface area contributed by atoms with Crippen molar-refractivity contribution in [3.05, 3.63) is 296 Å². The molecule has 1 unspecified atom stereocenters. The van der Waals surface area contributed by atoms with Gasteiger partial charge in [-0.25, -0.2) is 0 Å². The lowest BCUT2D eigenvalue weighted by molar-refractivity contribution is 0.820. The van der Waals surface area contributed by atoms with Crippen LogP contribution in [0.25, 0.3) is 66.5 Å². The second-order valence-corrected chi connectivity index (χ2v) is 20.0. The van der Waals surface area contributed by atoms with Crippen molar-refractivity contribution in [1.29, 1.82) is 0 Å². The molecule has 10 aromatic carbocycles. The first-order chi connectivity index (χ1) is 37.7. The van der Waals surface area contributed by atoms with E-state index in [9.17, 15) is 0 Å². The fraction of sp³-hybridized carbons (Fsp3) is 0.0556. The molecule has 76 heavy (non-hydrogen) atoms. The summed E-state index contributed by atoms with van der Waals surface area (Å²) in [5.41, 5.74) is 22.7. The molecule has 0 saturated heterocycles. The number of rotatable bonds is 11. The average Bonchev–Trinajstić information content (AvgIpc) is 4.02. The highest BCUT2D eigenvalue weighted by atomic mass is 15.2. The summed E-state index contributed by atoms with van der Waals surface area (Å²) in [6.45, 7) is 0. The molecule has 2 aliphatic carbocycles. The Labute approximate surface area is 445 Å². The molecule has 0 N–H and O–H groups in total. The molecule has 0 spiro atoms. The molecular weight excluding hydrogens is 921 g/mol. The van der Waals surface area contributed by atoms with Crippen LogP contribution < -0.4 is 14.7 Å². The van der Waals surface area contributed by atoms with E-state index in [1.807, 2.05) is 0 Å². The van der Waals surface area contributed by atoms with Crippen molar-refractivity contribution in [2.75, 3.05) is 14.7 Å². The molecule has 2 heterocycles. The van der Waals surface area contributed by atoms with Crippen molar-refractivity contribution in [3.8, 4) is 33.4 Å². The van der Waals surface area contributed by atoms with Crippen LogP contribution in [0, 0.1) is 0 Å². The van der Waals surface area contributed by atoms with Crippen LogP contribution in [0.4, 0.5) is 39.8 Å². The molecule has 0 amide bonds. The Morgan fingerprint density at radius 3 is 1.47 bits per heavy atom. The lowest BCUT2D eigenvalue weighted by atomic mass is 9.93. The molecule has 4 heteroatoms. The second kappa shape index (κ2) is 19.3. The lowest BCUT2D eigenvalue weighted by Gasteiger charge is -2.33. The van der Waals surface area contributed by atoms with E-state index < -0.39 is 0 Å². The molecule has 1 aromatic heterocycles. The van der Waals surface area contributed by atoms with Gasteiger partial charge in [-0.15, -0.1) is 0 Å². The van der Waals surface area contributed by atoms with E-state index >= 15 is 0 Å². The Kier molecular flexibility index (Phi) is 11.4. The third-order valence-corrected chi connectivity index (χ3v) is 15.5. The number of para-hydroxylation sites is 3. The molecular formula is C72H54N4. The number of nitrogens with zero attached hydrogens (tertiary/aromatic N) is 4. The predicted molar refractivity (Wildman–Crippen MR) is 321 cm³/mol. The van der Waals surface area contributed by atoms with E-state index in [4.69, 9.17) is 0 Å². The van der Waals surface area contributed by atoms with Gasteiger partial charge in [0.25, 0.3) is 0 Å². The summed E-state index contributed by atoms with van der Waals surface area (Å²) in [4.78, 5) is 7.34. The van der Waals surface area contributed by atoms with Gasteiger partial charge in [-0.1, -0.05) is 182 Å². The first-order valence-electron chi connectivity index (χ1n) is 26.6. The standard InChI is InChI=1S/C72H54N4/c1-5-17-51(18-6-1)53-29-37-59(38-30-53)73(63-45-47-71-67(49-63)65-25-13-15-27-69(65)75(71)57-21-9-3-10-22-57)61-41-33-55(34-42-61)56-35-43-62(44-36-56)74(60-39-31-54(32-40-60)52-19-7-2-8-20-52)64-46-48-72-68(50-64)66-26-14-16-28-70(66)76(72)58-23-11-4-12-24-58/h1-11,13-23,25-46,48-50,71H,12,24,47H2. The molecule has 0 saturated carbocycles. The van der Waals surface area contributed by atoms with Crippen LogP contribution in [-0.4, -0.2) is 10.6 Å². The molecule has 0 radical (unpaired) electrons. The topological polar surface area (TPSA) is 14.7 Å². The monoisotopic (exact) mass is 974 g/mol. The maximum absolute atomic E-state index is 2.51.